The Morgan fingerprint density at radius 2 is 1.81 bits per heavy atom. The highest BCUT2D eigenvalue weighted by molar-refractivity contribution is 5.97. The van der Waals surface area contributed by atoms with Crippen molar-refractivity contribution in [2.24, 2.45) is 5.92 Å². The molecule has 2 unspecified atom stereocenters. The third-order valence-electron chi connectivity index (χ3n) is 6.15. The number of ether oxygens (including phenoxy) is 1. The number of hydrogen-bond acceptors (Lipinski definition) is 3. The van der Waals surface area contributed by atoms with Crippen LogP contribution in [0.2, 0.25) is 0 Å². The van der Waals surface area contributed by atoms with Crippen molar-refractivity contribution in [1.29, 1.82) is 0 Å². The zero-order chi connectivity index (χ0) is 23.5. The fourth-order valence-electron chi connectivity index (χ4n) is 4.53. The summed E-state index contributed by atoms with van der Waals surface area (Å²) in [4.78, 5) is 17.3. The van der Waals surface area contributed by atoms with E-state index in [2.05, 4.69) is 0 Å². The van der Waals surface area contributed by atoms with Crippen LogP contribution < -0.4 is 9.64 Å². The molecule has 174 valence electrons. The molecule has 2 atom stereocenters. The molecular formula is C25H31F3N2O2. The number of halogens is 3. The minimum atomic E-state index is -4.49. The molecule has 0 N–H and O–H groups in total. The summed E-state index contributed by atoms with van der Waals surface area (Å²) in [5.41, 5.74) is 0.776. The highest BCUT2D eigenvalue weighted by atomic mass is 19.4. The van der Waals surface area contributed by atoms with E-state index in [9.17, 15) is 18.0 Å². The minimum absolute atomic E-state index is 0.104. The lowest BCUT2D eigenvalue weighted by molar-refractivity contribution is -0.138. The predicted molar refractivity (Wildman–Crippen MR) is 120 cm³/mol. The average molecular weight is 449 g/mol. The van der Waals surface area contributed by atoms with Gasteiger partial charge in [0.25, 0.3) is 0 Å². The van der Waals surface area contributed by atoms with Crippen molar-refractivity contribution in [3.05, 3.63) is 59.2 Å². The van der Waals surface area contributed by atoms with E-state index in [1.165, 1.54) is 6.07 Å². The Morgan fingerprint density at radius 1 is 1.12 bits per heavy atom. The molecule has 0 saturated carbocycles. The van der Waals surface area contributed by atoms with Crippen LogP contribution in [0.4, 0.5) is 18.9 Å². The van der Waals surface area contributed by atoms with Gasteiger partial charge in [-0.1, -0.05) is 31.5 Å². The van der Waals surface area contributed by atoms with Gasteiger partial charge in [-0.05, 0) is 68.2 Å². The average Bonchev–Trinajstić information content (AvgIpc) is 2.86. The molecule has 0 saturated heterocycles. The van der Waals surface area contributed by atoms with Gasteiger partial charge in [0, 0.05) is 24.7 Å². The normalized spacial score (nSPS) is 19.1. The maximum atomic E-state index is 14.0. The Hall–Kier alpha value is -2.54. The van der Waals surface area contributed by atoms with E-state index in [0.29, 0.717) is 30.9 Å². The van der Waals surface area contributed by atoms with Crippen LogP contribution in [0.15, 0.2) is 42.5 Å². The SMILES string of the molecule is CCCC1C(=O)N(CCN(C)C)c2cccc(C(F)(F)F)c2CC1c1ccc(OC)cc1. The maximum Gasteiger partial charge on any atom is 0.416 e. The van der Waals surface area contributed by atoms with E-state index in [-0.39, 0.29) is 23.8 Å². The number of benzene rings is 2. The summed E-state index contributed by atoms with van der Waals surface area (Å²) < 4.78 is 47.2. The van der Waals surface area contributed by atoms with Gasteiger partial charge in [-0.15, -0.1) is 0 Å². The number of nitrogens with zero attached hydrogens (tertiary/aromatic N) is 2. The lowest BCUT2D eigenvalue weighted by Crippen LogP contribution is -2.41. The molecule has 1 heterocycles. The van der Waals surface area contributed by atoms with Crippen molar-refractivity contribution in [3.63, 3.8) is 0 Å². The summed E-state index contributed by atoms with van der Waals surface area (Å²) in [7, 11) is 5.34. The maximum absolute atomic E-state index is 14.0. The number of methoxy groups -OCH3 is 1. The molecule has 1 amide bonds. The van der Waals surface area contributed by atoms with Gasteiger partial charge in [-0.25, -0.2) is 0 Å². The second kappa shape index (κ2) is 9.94. The molecule has 2 aromatic carbocycles. The second-order valence-corrected chi connectivity index (χ2v) is 8.57. The van der Waals surface area contributed by atoms with E-state index < -0.39 is 17.7 Å². The second-order valence-electron chi connectivity index (χ2n) is 8.57. The van der Waals surface area contributed by atoms with Crippen LogP contribution >= 0.6 is 0 Å². The van der Waals surface area contributed by atoms with E-state index in [1.807, 2.05) is 38.1 Å². The molecule has 1 aliphatic heterocycles. The zero-order valence-corrected chi connectivity index (χ0v) is 19.1. The summed E-state index contributed by atoms with van der Waals surface area (Å²) >= 11 is 0. The highest BCUT2D eigenvalue weighted by Crippen LogP contribution is 2.44. The smallest absolute Gasteiger partial charge is 0.416 e. The molecule has 0 fully saturated rings. The molecule has 7 heteroatoms. The van der Waals surface area contributed by atoms with Crippen LogP contribution in [0, 0.1) is 5.92 Å². The number of rotatable bonds is 7. The number of anilines is 1. The quantitative estimate of drug-likeness (QED) is 0.571. The van der Waals surface area contributed by atoms with E-state index in [0.717, 1.165) is 18.1 Å². The Morgan fingerprint density at radius 3 is 2.38 bits per heavy atom. The molecular weight excluding hydrogens is 417 g/mol. The third-order valence-corrected chi connectivity index (χ3v) is 6.15. The van der Waals surface area contributed by atoms with E-state index >= 15 is 0 Å². The van der Waals surface area contributed by atoms with E-state index in [1.54, 1.807) is 30.2 Å². The topological polar surface area (TPSA) is 32.8 Å². The molecule has 32 heavy (non-hydrogen) atoms. The van der Waals surface area contributed by atoms with Crippen LogP contribution in [0.1, 0.15) is 42.4 Å². The van der Waals surface area contributed by atoms with Crippen molar-refractivity contribution in [2.45, 2.75) is 38.3 Å². The third kappa shape index (κ3) is 5.09. The molecule has 0 aromatic heterocycles. The Kier molecular flexibility index (Phi) is 7.49. The number of carbonyl (C=O) groups is 1. The number of amides is 1. The number of likely N-dealkylation sites (N-methyl/N-ethyl adjacent to an activating group) is 1. The Labute approximate surface area is 188 Å². The molecule has 1 aliphatic rings. The summed E-state index contributed by atoms with van der Waals surface area (Å²) in [5.74, 6) is -0.179. The van der Waals surface area contributed by atoms with Crippen LogP contribution in [0.25, 0.3) is 0 Å². The number of carbonyl (C=O) groups excluding carboxylic acids is 1. The van der Waals surface area contributed by atoms with Crippen LogP contribution in [-0.4, -0.2) is 45.1 Å². The number of fused-ring (bicyclic) bond motifs is 1. The van der Waals surface area contributed by atoms with E-state index in [4.69, 9.17) is 4.74 Å². The van der Waals surface area contributed by atoms with Gasteiger partial charge in [0.2, 0.25) is 5.91 Å². The summed E-state index contributed by atoms with van der Waals surface area (Å²) in [5, 5.41) is 0. The van der Waals surface area contributed by atoms with Crippen molar-refractivity contribution >= 4 is 11.6 Å². The fraction of sp³-hybridized carbons (Fsp3) is 0.480. The number of alkyl halides is 3. The molecule has 2 aromatic rings. The van der Waals surface area contributed by atoms with Crippen molar-refractivity contribution in [3.8, 4) is 5.75 Å². The summed E-state index contributed by atoms with van der Waals surface area (Å²) in [6.07, 6.45) is -2.95. The van der Waals surface area contributed by atoms with Gasteiger partial charge in [-0.3, -0.25) is 4.79 Å². The molecule has 0 radical (unpaired) electrons. The standard InChI is InChI=1S/C25H31F3N2O2/c1-5-7-19-20(17-10-12-18(32-4)13-11-17)16-21-22(25(26,27)28)8-6-9-23(21)30(24(19)31)15-14-29(2)3/h6,8-13,19-20H,5,7,14-16H2,1-4H3. The highest BCUT2D eigenvalue weighted by Gasteiger charge is 2.42. The van der Waals surface area contributed by atoms with Crippen LogP contribution in [0.5, 0.6) is 5.75 Å². The lowest BCUT2D eigenvalue weighted by atomic mass is 9.79. The fourth-order valence-corrected chi connectivity index (χ4v) is 4.53. The molecule has 0 spiro atoms. The van der Waals surface area contributed by atoms with Crippen molar-refractivity contribution in [1.82, 2.24) is 4.90 Å². The first-order chi connectivity index (χ1) is 15.2. The zero-order valence-electron chi connectivity index (χ0n) is 19.1. The van der Waals surface area contributed by atoms with Crippen LogP contribution in [0.3, 0.4) is 0 Å². The molecule has 3 rings (SSSR count). The van der Waals surface area contributed by atoms with Gasteiger partial charge in [-0.2, -0.15) is 13.2 Å². The summed E-state index contributed by atoms with van der Waals surface area (Å²) in [6, 6.07) is 11.5. The van der Waals surface area contributed by atoms with Gasteiger partial charge in [0.1, 0.15) is 5.75 Å². The first-order valence-corrected chi connectivity index (χ1v) is 11.0. The largest absolute Gasteiger partial charge is 0.497 e. The Bertz CT molecular complexity index is 926. The van der Waals surface area contributed by atoms with Crippen molar-refractivity contribution < 1.29 is 22.7 Å². The summed E-state index contributed by atoms with van der Waals surface area (Å²) in [6.45, 7) is 2.91. The van der Waals surface area contributed by atoms with Crippen molar-refractivity contribution in [2.75, 3.05) is 39.2 Å². The minimum Gasteiger partial charge on any atom is -0.497 e. The van der Waals surface area contributed by atoms with Crippen LogP contribution in [-0.2, 0) is 17.4 Å². The van der Waals surface area contributed by atoms with Gasteiger partial charge in [0.05, 0.1) is 12.7 Å². The Balaban J connectivity index is 2.18. The molecule has 0 aliphatic carbocycles. The van der Waals surface area contributed by atoms with Gasteiger partial charge in [0.15, 0.2) is 0 Å². The first kappa shape index (κ1) is 24.1. The van der Waals surface area contributed by atoms with Gasteiger partial charge < -0.3 is 14.5 Å². The molecule has 4 nitrogen and oxygen atoms in total. The number of hydrogen-bond donors (Lipinski definition) is 0. The first-order valence-electron chi connectivity index (χ1n) is 11.0. The predicted octanol–water partition coefficient (Wildman–Crippen LogP) is 5.36. The monoisotopic (exact) mass is 448 g/mol. The lowest BCUT2D eigenvalue weighted by Gasteiger charge is -2.29. The van der Waals surface area contributed by atoms with Gasteiger partial charge >= 0.3 is 6.18 Å². The molecule has 0 bridgehead atoms.